The molecule has 7 nitrogen and oxygen atoms in total. The van der Waals surface area contributed by atoms with Gasteiger partial charge in [-0.05, 0) is 81.6 Å². The summed E-state index contributed by atoms with van der Waals surface area (Å²) in [6.07, 6.45) is 0. The van der Waals surface area contributed by atoms with Gasteiger partial charge in [-0.2, -0.15) is 0 Å². The number of aryl methyl sites for hydroxylation is 1. The molecule has 0 radical (unpaired) electrons. The first-order valence-corrected chi connectivity index (χ1v) is 14.2. The molecule has 1 atom stereocenters. The summed E-state index contributed by atoms with van der Waals surface area (Å²) in [5.74, 6) is -0.835. The fourth-order valence-corrected chi connectivity index (χ4v) is 5.63. The Morgan fingerprint density at radius 2 is 1.53 bits per heavy atom. The third-order valence-electron chi connectivity index (χ3n) is 6.32. The molecule has 0 fully saturated rings. The molecule has 0 heterocycles. The Hall–Kier alpha value is -3.36. The summed E-state index contributed by atoms with van der Waals surface area (Å²) in [6.45, 7) is 8.66. The lowest BCUT2D eigenvalue weighted by Crippen LogP contribution is -2.52. The Balaban J connectivity index is 2.06. The molecule has 0 aliphatic rings. The van der Waals surface area contributed by atoms with Crippen molar-refractivity contribution >= 4 is 39.1 Å². The molecule has 0 aliphatic heterocycles. The molecule has 0 saturated heterocycles. The molecule has 0 spiro atoms. The van der Waals surface area contributed by atoms with Gasteiger partial charge < -0.3 is 10.2 Å². The SMILES string of the molecule is Cc1cccc(N(CC(=O)N(Cc2ccc(Cl)cc2)[C@H](C)C(=O)NC(C)C)S(=O)(=O)c2ccccc2)c1C. The van der Waals surface area contributed by atoms with Crippen molar-refractivity contribution in [2.24, 2.45) is 0 Å². The maximum Gasteiger partial charge on any atom is 0.264 e. The number of hydrogen-bond acceptors (Lipinski definition) is 4. The zero-order valence-electron chi connectivity index (χ0n) is 22.3. The summed E-state index contributed by atoms with van der Waals surface area (Å²) in [6, 6.07) is 19.4. The van der Waals surface area contributed by atoms with E-state index in [0.717, 1.165) is 21.0 Å². The first-order valence-electron chi connectivity index (χ1n) is 12.4. The molecule has 0 saturated carbocycles. The fraction of sp³-hybridized carbons (Fsp3) is 0.310. The van der Waals surface area contributed by atoms with Crippen molar-refractivity contribution in [1.29, 1.82) is 0 Å². The van der Waals surface area contributed by atoms with Crippen LogP contribution in [0.4, 0.5) is 5.69 Å². The molecule has 2 amide bonds. The van der Waals surface area contributed by atoms with Crippen LogP contribution < -0.4 is 9.62 Å². The molecule has 3 rings (SSSR count). The van der Waals surface area contributed by atoms with E-state index in [1.807, 2.05) is 33.8 Å². The Bertz CT molecular complexity index is 1380. The van der Waals surface area contributed by atoms with E-state index in [1.165, 1.54) is 17.0 Å². The number of amides is 2. The highest BCUT2D eigenvalue weighted by atomic mass is 35.5. The molecule has 0 aromatic heterocycles. The van der Waals surface area contributed by atoms with E-state index in [-0.39, 0.29) is 23.4 Å². The third-order valence-corrected chi connectivity index (χ3v) is 8.35. The predicted octanol–water partition coefficient (Wildman–Crippen LogP) is 5.09. The van der Waals surface area contributed by atoms with Crippen LogP contribution in [0.25, 0.3) is 0 Å². The van der Waals surface area contributed by atoms with Crippen molar-refractivity contribution in [2.45, 2.75) is 58.1 Å². The molecule has 0 unspecified atom stereocenters. The average molecular weight is 556 g/mol. The molecule has 9 heteroatoms. The van der Waals surface area contributed by atoms with Crippen molar-refractivity contribution in [3.8, 4) is 0 Å². The number of carbonyl (C=O) groups is 2. The summed E-state index contributed by atoms with van der Waals surface area (Å²) in [7, 11) is -4.10. The number of sulfonamides is 1. The molecular formula is C29H34ClN3O4S. The second kappa shape index (κ2) is 12.5. The van der Waals surface area contributed by atoms with Gasteiger partial charge in [0.1, 0.15) is 12.6 Å². The van der Waals surface area contributed by atoms with Crippen LogP contribution in [0.5, 0.6) is 0 Å². The Morgan fingerprint density at radius 1 is 0.895 bits per heavy atom. The number of nitrogens with one attached hydrogen (secondary N) is 1. The van der Waals surface area contributed by atoms with E-state index in [2.05, 4.69) is 5.32 Å². The van der Waals surface area contributed by atoms with Crippen LogP contribution in [0.3, 0.4) is 0 Å². The van der Waals surface area contributed by atoms with Crippen molar-refractivity contribution < 1.29 is 18.0 Å². The van der Waals surface area contributed by atoms with Gasteiger partial charge in [0.05, 0.1) is 10.6 Å². The zero-order chi connectivity index (χ0) is 28.0. The summed E-state index contributed by atoms with van der Waals surface area (Å²) >= 11 is 6.04. The minimum atomic E-state index is -4.10. The fourth-order valence-electron chi connectivity index (χ4n) is 4.01. The van der Waals surface area contributed by atoms with Crippen LogP contribution in [0.1, 0.15) is 37.5 Å². The highest BCUT2D eigenvalue weighted by Crippen LogP contribution is 2.29. The molecule has 202 valence electrons. The van der Waals surface area contributed by atoms with Crippen LogP contribution in [-0.2, 0) is 26.2 Å². The topological polar surface area (TPSA) is 86.8 Å². The Labute approximate surface area is 230 Å². The van der Waals surface area contributed by atoms with E-state index in [9.17, 15) is 18.0 Å². The number of halogens is 1. The van der Waals surface area contributed by atoms with Crippen LogP contribution in [-0.4, -0.2) is 43.8 Å². The molecular weight excluding hydrogens is 522 g/mol. The van der Waals surface area contributed by atoms with Gasteiger partial charge in [-0.1, -0.05) is 54.1 Å². The lowest BCUT2D eigenvalue weighted by atomic mass is 10.1. The van der Waals surface area contributed by atoms with E-state index in [0.29, 0.717) is 10.7 Å². The lowest BCUT2D eigenvalue weighted by molar-refractivity contribution is -0.139. The summed E-state index contributed by atoms with van der Waals surface area (Å²) in [5, 5.41) is 3.39. The van der Waals surface area contributed by atoms with Gasteiger partial charge in [-0.3, -0.25) is 13.9 Å². The van der Waals surface area contributed by atoms with Gasteiger partial charge in [0, 0.05) is 17.6 Å². The van der Waals surface area contributed by atoms with E-state index in [4.69, 9.17) is 11.6 Å². The molecule has 3 aromatic rings. The number of rotatable bonds is 10. The second-order valence-electron chi connectivity index (χ2n) is 9.53. The number of carbonyl (C=O) groups excluding carboxylic acids is 2. The lowest BCUT2D eigenvalue weighted by Gasteiger charge is -2.33. The second-order valence-corrected chi connectivity index (χ2v) is 11.8. The van der Waals surface area contributed by atoms with Crippen LogP contribution in [0, 0.1) is 13.8 Å². The normalized spacial score (nSPS) is 12.2. The van der Waals surface area contributed by atoms with Gasteiger partial charge in [0.2, 0.25) is 11.8 Å². The maximum atomic E-state index is 13.9. The van der Waals surface area contributed by atoms with Gasteiger partial charge in [0.25, 0.3) is 10.0 Å². The standard InChI is InChI=1S/C29H34ClN3O4S/c1-20(2)31-29(35)23(5)32(18-24-14-16-25(30)17-15-24)28(34)19-33(27-13-9-10-21(3)22(27)4)38(36,37)26-11-7-6-8-12-26/h6-17,20,23H,18-19H2,1-5H3,(H,31,35)/t23-/m1/s1. The Kier molecular flexibility index (Phi) is 9.57. The largest absolute Gasteiger partial charge is 0.352 e. The molecule has 0 aliphatic carbocycles. The number of benzene rings is 3. The summed E-state index contributed by atoms with van der Waals surface area (Å²) in [4.78, 5) is 28.4. The molecule has 38 heavy (non-hydrogen) atoms. The minimum Gasteiger partial charge on any atom is -0.352 e. The van der Waals surface area contributed by atoms with E-state index >= 15 is 0 Å². The van der Waals surface area contributed by atoms with Crippen LogP contribution in [0.2, 0.25) is 5.02 Å². The smallest absolute Gasteiger partial charge is 0.264 e. The monoisotopic (exact) mass is 555 g/mol. The summed E-state index contributed by atoms with van der Waals surface area (Å²) in [5.41, 5.74) is 2.81. The predicted molar refractivity (Wildman–Crippen MR) is 152 cm³/mol. The quantitative estimate of drug-likeness (QED) is 0.377. The van der Waals surface area contributed by atoms with Crippen molar-refractivity contribution in [3.05, 3.63) is 94.5 Å². The van der Waals surface area contributed by atoms with Crippen LogP contribution >= 0.6 is 11.6 Å². The highest BCUT2D eigenvalue weighted by molar-refractivity contribution is 7.92. The van der Waals surface area contributed by atoms with Gasteiger partial charge in [-0.15, -0.1) is 0 Å². The molecule has 0 bridgehead atoms. The van der Waals surface area contributed by atoms with Gasteiger partial charge in [0.15, 0.2) is 0 Å². The molecule has 3 aromatic carbocycles. The van der Waals surface area contributed by atoms with E-state index < -0.39 is 28.5 Å². The number of anilines is 1. The third kappa shape index (κ3) is 6.94. The minimum absolute atomic E-state index is 0.0727. The van der Waals surface area contributed by atoms with E-state index in [1.54, 1.807) is 61.5 Å². The maximum absolute atomic E-state index is 13.9. The van der Waals surface area contributed by atoms with Crippen molar-refractivity contribution in [2.75, 3.05) is 10.8 Å². The van der Waals surface area contributed by atoms with Crippen molar-refractivity contribution in [3.63, 3.8) is 0 Å². The first-order chi connectivity index (χ1) is 17.9. The van der Waals surface area contributed by atoms with Gasteiger partial charge in [-0.25, -0.2) is 8.42 Å². The highest BCUT2D eigenvalue weighted by Gasteiger charge is 2.33. The molecule has 1 N–H and O–H groups in total. The number of hydrogen-bond donors (Lipinski definition) is 1. The van der Waals surface area contributed by atoms with Gasteiger partial charge >= 0.3 is 0 Å². The first kappa shape index (κ1) is 29.2. The average Bonchev–Trinajstić information content (AvgIpc) is 2.88. The van der Waals surface area contributed by atoms with Crippen molar-refractivity contribution in [1.82, 2.24) is 10.2 Å². The Morgan fingerprint density at radius 3 is 2.13 bits per heavy atom. The van der Waals surface area contributed by atoms with Crippen LogP contribution in [0.15, 0.2) is 77.7 Å². The summed E-state index contributed by atoms with van der Waals surface area (Å²) < 4.78 is 28.9. The number of nitrogens with zero attached hydrogens (tertiary/aromatic N) is 2. The zero-order valence-corrected chi connectivity index (χ0v) is 23.9.